The molecule has 0 saturated carbocycles. The van der Waals surface area contributed by atoms with Gasteiger partial charge in [0.15, 0.2) is 0 Å². The minimum atomic E-state index is -0.552. The van der Waals surface area contributed by atoms with E-state index in [2.05, 4.69) is 5.32 Å². The van der Waals surface area contributed by atoms with Crippen molar-refractivity contribution in [2.45, 2.75) is 6.10 Å². The molecule has 1 aromatic rings. The number of rotatable bonds is 5. The van der Waals surface area contributed by atoms with Gasteiger partial charge in [-0.3, -0.25) is 0 Å². The highest BCUT2D eigenvalue weighted by Crippen LogP contribution is 2.23. The molecule has 0 radical (unpaired) electrons. The molecule has 0 aromatic heterocycles. The number of hydrogen-bond acceptors (Lipinski definition) is 4. The number of nitrogens with one attached hydrogen (secondary N) is 1. The number of anilines is 2. The maximum absolute atomic E-state index is 9.40. The molecule has 0 fully saturated rings. The van der Waals surface area contributed by atoms with E-state index in [0.29, 0.717) is 23.9 Å². The highest BCUT2D eigenvalue weighted by molar-refractivity contribution is 6.33. The number of nitrogens with two attached hydrogens (primary N) is 1. The third-order valence-electron chi connectivity index (χ3n) is 1.88. The first-order valence-electron chi connectivity index (χ1n) is 4.59. The fourth-order valence-corrected chi connectivity index (χ4v) is 1.41. The first-order valence-corrected chi connectivity index (χ1v) is 4.97. The van der Waals surface area contributed by atoms with Crippen molar-refractivity contribution in [3.63, 3.8) is 0 Å². The van der Waals surface area contributed by atoms with Crippen LogP contribution in [0.1, 0.15) is 0 Å². The van der Waals surface area contributed by atoms with E-state index in [0.717, 1.165) is 5.69 Å². The van der Waals surface area contributed by atoms with Gasteiger partial charge in [-0.2, -0.15) is 0 Å². The molecule has 0 aliphatic carbocycles. The number of benzene rings is 1. The molecule has 5 heteroatoms. The summed E-state index contributed by atoms with van der Waals surface area (Å²) in [5.74, 6) is 0. The van der Waals surface area contributed by atoms with E-state index in [1.54, 1.807) is 25.3 Å². The maximum atomic E-state index is 9.40. The summed E-state index contributed by atoms with van der Waals surface area (Å²) in [6.45, 7) is 0.678. The molecule has 0 spiro atoms. The molecule has 0 amide bonds. The Hall–Kier alpha value is -0.970. The third kappa shape index (κ3) is 3.95. The summed E-state index contributed by atoms with van der Waals surface area (Å²) in [5, 5.41) is 12.9. The minimum Gasteiger partial charge on any atom is -0.399 e. The molecule has 1 rings (SSSR count). The lowest BCUT2D eigenvalue weighted by molar-refractivity contribution is 0.0727. The lowest BCUT2D eigenvalue weighted by atomic mass is 10.2. The Labute approximate surface area is 94.0 Å². The van der Waals surface area contributed by atoms with Crippen LogP contribution < -0.4 is 11.1 Å². The van der Waals surface area contributed by atoms with Gasteiger partial charge in [-0.15, -0.1) is 0 Å². The molecular formula is C10H15ClN2O2. The van der Waals surface area contributed by atoms with Crippen LogP contribution in [0, 0.1) is 0 Å². The predicted octanol–water partition coefficient (Wildman–Crippen LogP) is 1.34. The van der Waals surface area contributed by atoms with E-state index in [9.17, 15) is 5.11 Å². The molecule has 15 heavy (non-hydrogen) atoms. The Balaban J connectivity index is 2.50. The van der Waals surface area contributed by atoms with Crippen molar-refractivity contribution in [1.29, 1.82) is 0 Å². The zero-order chi connectivity index (χ0) is 11.3. The molecule has 84 valence electrons. The number of methoxy groups -OCH3 is 1. The number of nitrogen functional groups attached to an aromatic ring is 1. The van der Waals surface area contributed by atoms with Crippen molar-refractivity contribution in [3.05, 3.63) is 23.2 Å². The van der Waals surface area contributed by atoms with Crippen molar-refractivity contribution >= 4 is 23.0 Å². The van der Waals surface area contributed by atoms with E-state index >= 15 is 0 Å². The van der Waals surface area contributed by atoms with Gasteiger partial charge in [-0.05, 0) is 18.2 Å². The fourth-order valence-electron chi connectivity index (χ4n) is 1.15. The van der Waals surface area contributed by atoms with Gasteiger partial charge >= 0.3 is 0 Å². The molecule has 0 heterocycles. The average Bonchev–Trinajstić information content (AvgIpc) is 2.17. The van der Waals surface area contributed by atoms with Crippen molar-refractivity contribution in [2.75, 3.05) is 31.3 Å². The Morgan fingerprint density at radius 2 is 2.33 bits per heavy atom. The summed E-state index contributed by atoms with van der Waals surface area (Å²) in [6, 6.07) is 5.18. The SMILES string of the molecule is COCC(O)CNc1ccc(N)cc1Cl. The molecule has 0 bridgehead atoms. The van der Waals surface area contributed by atoms with Gasteiger partial charge in [0, 0.05) is 19.3 Å². The third-order valence-corrected chi connectivity index (χ3v) is 2.19. The fraction of sp³-hybridized carbons (Fsp3) is 0.400. The van der Waals surface area contributed by atoms with Gasteiger partial charge in [-0.25, -0.2) is 0 Å². The van der Waals surface area contributed by atoms with Crippen LogP contribution in [-0.2, 0) is 4.74 Å². The molecule has 1 aromatic carbocycles. The molecule has 0 aliphatic heterocycles. The number of ether oxygens (including phenoxy) is 1. The van der Waals surface area contributed by atoms with E-state index < -0.39 is 6.10 Å². The van der Waals surface area contributed by atoms with Crippen molar-refractivity contribution in [3.8, 4) is 0 Å². The normalized spacial score (nSPS) is 12.5. The van der Waals surface area contributed by atoms with Crippen LogP contribution in [0.15, 0.2) is 18.2 Å². The molecule has 1 atom stereocenters. The standard InChI is InChI=1S/C10H15ClN2O2/c1-15-6-8(14)5-13-10-3-2-7(12)4-9(10)11/h2-4,8,13-14H,5-6,12H2,1H3. The predicted molar refractivity (Wildman–Crippen MR) is 62.2 cm³/mol. The first kappa shape index (κ1) is 12.1. The van der Waals surface area contributed by atoms with E-state index in [1.165, 1.54) is 0 Å². The highest BCUT2D eigenvalue weighted by Gasteiger charge is 2.05. The van der Waals surface area contributed by atoms with Crippen LogP contribution in [0.4, 0.5) is 11.4 Å². The molecule has 0 aliphatic rings. The van der Waals surface area contributed by atoms with Gasteiger partial charge in [0.2, 0.25) is 0 Å². The van der Waals surface area contributed by atoms with E-state index in [-0.39, 0.29) is 0 Å². The molecule has 4 nitrogen and oxygen atoms in total. The molecule has 0 saturated heterocycles. The zero-order valence-corrected chi connectivity index (χ0v) is 9.29. The molecule has 1 unspecified atom stereocenters. The van der Waals surface area contributed by atoms with Crippen LogP contribution in [-0.4, -0.2) is 31.5 Å². The number of aliphatic hydroxyl groups excluding tert-OH is 1. The van der Waals surface area contributed by atoms with E-state index in [4.69, 9.17) is 22.1 Å². The Morgan fingerprint density at radius 1 is 1.60 bits per heavy atom. The van der Waals surface area contributed by atoms with Crippen LogP contribution in [0.5, 0.6) is 0 Å². The Kier molecular flexibility index (Phi) is 4.68. The summed E-state index contributed by atoms with van der Waals surface area (Å²) in [7, 11) is 1.54. The van der Waals surface area contributed by atoms with Gasteiger partial charge in [0.25, 0.3) is 0 Å². The van der Waals surface area contributed by atoms with Crippen LogP contribution in [0.25, 0.3) is 0 Å². The monoisotopic (exact) mass is 230 g/mol. The Bertz CT molecular complexity index is 320. The van der Waals surface area contributed by atoms with Crippen molar-refractivity contribution < 1.29 is 9.84 Å². The first-order chi connectivity index (χ1) is 7.13. The molecule has 4 N–H and O–H groups in total. The summed E-state index contributed by atoms with van der Waals surface area (Å²) in [4.78, 5) is 0. The van der Waals surface area contributed by atoms with Gasteiger partial charge < -0.3 is 20.9 Å². The second-order valence-electron chi connectivity index (χ2n) is 3.23. The minimum absolute atomic E-state index is 0.291. The van der Waals surface area contributed by atoms with Gasteiger partial charge in [0.1, 0.15) is 0 Å². The lowest BCUT2D eigenvalue weighted by Gasteiger charge is -2.13. The lowest BCUT2D eigenvalue weighted by Crippen LogP contribution is -2.24. The summed E-state index contributed by atoms with van der Waals surface area (Å²) < 4.78 is 4.80. The smallest absolute Gasteiger partial charge is 0.0945 e. The summed E-state index contributed by atoms with van der Waals surface area (Å²) >= 11 is 5.93. The van der Waals surface area contributed by atoms with Crippen molar-refractivity contribution in [2.24, 2.45) is 0 Å². The number of aliphatic hydroxyl groups is 1. The Morgan fingerprint density at radius 3 is 2.93 bits per heavy atom. The van der Waals surface area contributed by atoms with Crippen LogP contribution >= 0.6 is 11.6 Å². The average molecular weight is 231 g/mol. The second kappa shape index (κ2) is 5.80. The highest BCUT2D eigenvalue weighted by atomic mass is 35.5. The summed E-state index contributed by atoms with van der Waals surface area (Å²) in [5.41, 5.74) is 6.91. The van der Waals surface area contributed by atoms with Crippen molar-refractivity contribution in [1.82, 2.24) is 0 Å². The zero-order valence-electron chi connectivity index (χ0n) is 8.53. The van der Waals surface area contributed by atoms with Gasteiger partial charge in [-0.1, -0.05) is 11.6 Å². The maximum Gasteiger partial charge on any atom is 0.0945 e. The summed E-state index contributed by atoms with van der Waals surface area (Å²) in [6.07, 6.45) is -0.552. The largest absolute Gasteiger partial charge is 0.399 e. The van der Waals surface area contributed by atoms with Crippen LogP contribution in [0.2, 0.25) is 5.02 Å². The topological polar surface area (TPSA) is 67.5 Å². The van der Waals surface area contributed by atoms with E-state index in [1.807, 2.05) is 0 Å². The number of halogens is 1. The number of hydrogen-bond donors (Lipinski definition) is 3. The quantitative estimate of drug-likeness (QED) is 0.668. The second-order valence-corrected chi connectivity index (χ2v) is 3.64. The van der Waals surface area contributed by atoms with Gasteiger partial charge in [0.05, 0.1) is 23.4 Å². The van der Waals surface area contributed by atoms with Crippen LogP contribution in [0.3, 0.4) is 0 Å². The molecular weight excluding hydrogens is 216 g/mol.